The van der Waals surface area contributed by atoms with Crippen LogP contribution in [0, 0.1) is 0 Å². The first-order chi connectivity index (χ1) is 8.24. The zero-order valence-corrected chi connectivity index (χ0v) is 9.43. The number of nitrogens with zero attached hydrogens (tertiary/aromatic N) is 3. The number of hydrogen-bond donors (Lipinski definition) is 3. The van der Waals surface area contributed by atoms with Gasteiger partial charge in [0.2, 0.25) is 0 Å². The first-order valence-electron chi connectivity index (χ1n) is 5.71. The maximum Gasteiger partial charge on any atom is 0.151 e. The van der Waals surface area contributed by atoms with Crippen LogP contribution >= 0.6 is 0 Å². The summed E-state index contributed by atoms with van der Waals surface area (Å²) in [5.41, 5.74) is 8.53. The van der Waals surface area contributed by atoms with Crippen molar-refractivity contribution in [2.24, 2.45) is 0 Å². The average molecular weight is 233 g/mol. The quantitative estimate of drug-likeness (QED) is 0.684. The molecule has 1 fully saturated rings. The number of nitrogen functional groups attached to an aromatic ring is 1. The van der Waals surface area contributed by atoms with E-state index in [-0.39, 0.29) is 6.10 Å². The van der Waals surface area contributed by atoms with Crippen LogP contribution in [-0.4, -0.2) is 44.2 Å². The maximum atomic E-state index is 9.49. The lowest BCUT2D eigenvalue weighted by atomic mass is 10.2. The number of H-pyrrole nitrogens is 1. The topological polar surface area (TPSA) is 91.1 Å². The Morgan fingerprint density at radius 1 is 1.53 bits per heavy atom. The van der Waals surface area contributed by atoms with Crippen molar-refractivity contribution in [2.45, 2.75) is 19.1 Å². The number of aromatic nitrogens is 3. The molecule has 1 atom stereocenters. The standard InChI is InChI=1S/C11H15N5O/c12-11-10-9(14-6-15-11)7(3-13-10)4-16-2-1-8(17)5-16/h3,6,8,13,17H,1-2,4-5H2,(H2,12,14,15)/t8-/m1/s1. The van der Waals surface area contributed by atoms with Crippen molar-refractivity contribution in [3.05, 3.63) is 18.1 Å². The van der Waals surface area contributed by atoms with Gasteiger partial charge in [-0.25, -0.2) is 9.97 Å². The monoisotopic (exact) mass is 233 g/mol. The second-order valence-electron chi connectivity index (χ2n) is 4.47. The Bertz CT molecular complexity index is 538. The summed E-state index contributed by atoms with van der Waals surface area (Å²) in [6, 6.07) is 0. The molecular weight excluding hydrogens is 218 g/mol. The molecule has 3 heterocycles. The highest BCUT2D eigenvalue weighted by Gasteiger charge is 2.21. The molecule has 0 unspecified atom stereocenters. The Kier molecular flexibility index (Phi) is 2.45. The second kappa shape index (κ2) is 3.97. The van der Waals surface area contributed by atoms with Gasteiger partial charge in [-0.15, -0.1) is 0 Å². The molecule has 6 heteroatoms. The minimum Gasteiger partial charge on any atom is -0.392 e. The molecular formula is C11H15N5O. The first kappa shape index (κ1) is 10.5. The maximum absolute atomic E-state index is 9.49. The van der Waals surface area contributed by atoms with Crippen molar-refractivity contribution < 1.29 is 5.11 Å². The van der Waals surface area contributed by atoms with Crippen molar-refractivity contribution in [3.63, 3.8) is 0 Å². The van der Waals surface area contributed by atoms with Crippen LogP contribution in [-0.2, 0) is 6.54 Å². The molecule has 0 spiro atoms. The van der Waals surface area contributed by atoms with Crippen LogP contribution in [0.4, 0.5) is 5.82 Å². The summed E-state index contributed by atoms with van der Waals surface area (Å²) in [5.74, 6) is 0.475. The zero-order chi connectivity index (χ0) is 11.8. The smallest absolute Gasteiger partial charge is 0.151 e. The number of β-amino-alcohol motifs (C(OH)–C–C–N with tert-alkyl or cyclic N) is 1. The van der Waals surface area contributed by atoms with E-state index in [0.29, 0.717) is 5.82 Å². The average Bonchev–Trinajstić information content (AvgIpc) is 2.88. The van der Waals surface area contributed by atoms with E-state index >= 15 is 0 Å². The molecule has 17 heavy (non-hydrogen) atoms. The number of nitrogens with one attached hydrogen (secondary N) is 1. The minimum atomic E-state index is -0.195. The van der Waals surface area contributed by atoms with Gasteiger partial charge in [-0.05, 0) is 6.42 Å². The summed E-state index contributed by atoms with van der Waals surface area (Å²) in [6.07, 6.45) is 4.05. The van der Waals surface area contributed by atoms with Crippen molar-refractivity contribution in [1.82, 2.24) is 19.9 Å². The molecule has 1 aliphatic heterocycles. The van der Waals surface area contributed by atoms with Gasteiger partial charge in [0.1, 0.15) is 11.8 Å². The number of hydrogen-bond acceptors (Lipinski definition) is 5. The normalized spacial score (nSPS) is 21.4. The van der Waals surface area contributed by atoms with Gasteiger partial charge in [0.05, 0.1) is 11.6 Å². The van der Waals surface area contributed by atoms with Gasteiger partial charge in [0.25, 0.3) is 0 Å². The van der Waals surface area contributed by atoms with Crippen LogP contribution < -0.4 is 5.73 Å². The SMILES string of the molecule is Nc1ncnc2c(CN3CC[C@@H](O)C3)c[nH]c12. The minimum absolute atomic E-state index is 0.195. The third-order valence-electron chi connectivity index (χ3n) is 3.21. The number of rotatable bonds is 2. The van der Waals surface area contributed by atoms with Gasteiger partial charge >= 0.3 is 0 Å². The van der Waals surface area contributed by atoms with Gasteiger partial charge in [-0.2, -0.15) is 0 Å². The number of nitrogens with two attached hydrogens (primary N) is 1. The van der Waals surface area contributed by atoms with Crippen molar-refractivity contribution in [1.29, 1.82) is 0 Å². The molecule has 0 amide bonds. The molecule has 0 bridgehead atoms. The Hall–Kier alpha value is -1.66. The number of aliphatic hydroxyl groups excluding tert-OH is 1. The summed E-state index contributed by atoms with van der Waals surface area (Å²) < 4.78 is 0. The highest BCUT2D eigenvalue weighted by atomic mass is 16.3. The largest absolute Gasteiger partial charge is 0.392 e. The van der Waals surface area contributed by atoms with E-state index in [0.717, 1.165) is 42.7 Å². The molecule has 90 valence electrons. The molecule has 1 aliphatic rings. The summed E-state index contributed by atoms with van der Waals surface area (Å²) in [4.78, 5) is 13.5. The summed E-state index contributed by atoms with van der Waals surface area (Å²) >= 11 is 0. The molecule has 0 saturated carbocycles. The number of aliphatic hydroxyl groups is 1. The van der Waals surface area contributed by atoms with Gasteiger partial charge in [0.15, 0.2) is 5.82 Å². The van der Waals surface area contributed by atoms with Crippen LogP contribution in [0.5, 0.6) is 0 Å². The molecule has 0 aromatic carbocycles. The predicted molar refractivity (Wildman–Crippen MR) is 64.2 cm³/mol. The van der Waals surface area contributed by atoms with Crippen LogP contribution in [0.2, 0.25) is 0 Å². The number of fused-ring (bicyclic) bond motifs is 1. The summed E-state index contributed by atoms with van der Waals surface area (Å²) in [6.45, 7) is 2.44. The lowest BCUT2D eigenvalue weighted by Gasteiger charge is -2.13. The van der Waals surface area contributed by atoms with Crippen LogP contribution in [0.1, 0.15) is 12.0 Å². The van der Waals surface area contributed by atoms with E-state index in [9.17, 15) is 5.11 Å². The van der Waals surface area contributed by atoms with Crippen molar-refractivity contribution >= 4 is 16.9 Å². The first-order valence-corrected chi connectivity index (χ1v) is 5.71. The number of anilines is 1. The van der Waals surface area contributed by atoms with Crippen molar-refractivity contribution in [2.75, 3.05) is 18.8 Å². The molecule has 1 saturated heterocycles. The summed E-state index contributed by atoms with van der Waals surface area (Å²) in [7, 11) is 0. The molecule has 3 rings (SSSR count). The van der Waals surface area contributed by atoms with Gasteiger partial charge in [0, 0.05) is 31.4 Å². The molecule has 2 aromatic rings. The Labute approximate surface area is 98.5 Å². The molecule has 2 aromatic heterocycles. The van der Waals surface area contributed by atoms with Crippen LogP contribution in [0.25, 0.3) is 11.0 Å². The third kappa shape index (κ3) is 1.85. The van der Waals surface area contributed by atoms with E-state index in [4.69, 9.17) is 5.73 Å². The highest BCUT2D eigenvalue weighted by molar-refractivity contribution is 5.86. The van der Waals surface area contributed by atoms with E-state index in [1.54, 1.807) is 0 Å². The fourth-order valence-electron chi connectivity index (χ4n) is 2.33. The molecule has 0 aliphatic carbocycles. The van der Waals surface area contributed by atoms with Gasteiger partial charge < -0.3 is 15.8 Å². The Balaban J connectivity index is 1.88. The van der Waals surface area contributed by atoms with Crippen LogP contribution in [0.3, 0.4) is 0 Å². The van der Waals surface area contributed by atoms with E-state index < -0.39 is 0 Å². The van der Waals surface area contributed by atoms with E-state index in [2.05, 4.69) is 19.9 Å². The summed E-state index contributed by atoms with van der Waals surface area (Å²) in [5, 5.41) is 9.49. The molecule has 4 N–H and O–H groups in total. The molecule has 6 nitrogen and oxygen atoms in total. The lowest BCUT2D eigenvalue weighted by Crippen LogP contribution is -2.21. The highest BCUT2D eigenvalue weighted by Crippen LogP contribution is 2.22. The van der Waals surface area contributed by atoms with E-state index in [1.165, 1.54) is 6.33 Å². The van der Waals surface area contributed by atoms with Gasteiger partial charge in [-0.1, -0.05) is 0 Å². The Morgan fingerprint density at radius 2 is 2.41 bits per heavy atom. The number of likely N-dealkylation sites (tertiary alicyclic amines) is 1. The zero-order valence-electron chi connectivity index (χ0n) is 9.43. The van der Waals surface area contributed by atoms with E-state index in [1.807, 2.05) is 6.20 Å². The lowest BCUT2D eigenvalue weighted by molar-refractivity contribution is 0.175. The fourth-order valence-corrected chi connectivity index (χ4v) is 2.33. The van der Waals surface area contributed by atoms with Crippen LogP contribution in [0.15, 0.2) is 12.5 Å². The third-order valence-corrected chi connectivity index (χ3v) is 3.21. The second-order valence-corrected chi connectivity index (χ2v) is 4.47. The predicted octanol–water partition coefficient (Wildman–Crippen LogP) is 0.107. The van der Waals surface area contributed by atoms with Gasteiger partial charge in [-0.3, -0.25) is 4.90 Å². The Morgan fingerprint density at radius 3 is 3.18 bits per heavy atom. The number of aromatic amines is 1. The fraction of sp³-hybridized carbons (Fsp3) is 0.455. The molecule has 0 radical (unpaired) electrons. The van der Waals surface area contributed by atoms with Crippen molar-refractivity contribution in [3.8, 4) is 0 Å².